The van der Waals surface area contributed by atoms with Crippen LogP contribution in [0, 0.1) is 5.92 Å². The Morgan fingerprint density at radius 1 is 1.32 bits per heavy atom. The summed E-state index contributed by atoms with van der Waals surface area (Å²) >= 11 is 0. The van der Waals surface area contributed by atoms with E-state index in [2.05, 4.69) is 19.2 Å². The Kier molecular flexibility index (Phi) is 4.10. The first kappa shape index (κ1) is 15.0. The minimum atomic E-state index is -0.459. The quantitative estimate of drug-likeness (QED) is 0.626. The Labute approximate surface area is 117 Å². The predicted molar refractivity (Wildman–Crippen MR) is 78.4 cm³/mol. The van der Waals surface area contributed by atoms with E-state index in [1.54, 1.807) is 0 Å². The molecule has 2 aliphatic rings. The van der Waals surface area contributed by atoms with Crippen molar-refractivity contribution in [3.05, 3.63) is 17.0 Å². The van der Waals surface area contributed by atoms with Crippen molar-refractivity contribution >= 4 is 0 Å². The molecule has 2 fully saturated rings. The number of epoxide rings is 1. The SMILES string of the molecule is C[N-]C1(C)CCC(C(C)=CC(O)C2OC2(C)C)CC1. The predicted octanol–water partition coefficient (Wildman–Crippen LogP) is 3.42. The third kappa shape index (κ3) is 3.39. The molecule has 0 aromatic heterocycles. The van der Waals surface area contributed by atoms with Gasteiger partial charge in [0.1, 0.15) is 12.2 Å². The van der Waals surface area contributed by atoms with Crippen LogP contribution in [0.15, 0.2) is 11.6 Å². The zero-order valence-electron chi connectivity index (χ0n) is 12.9. The van der Waals surface area contributed by atoms with E-state index < -0.39 is 6.10 Å². The lowest BCUT2D eigenvalue weighted by Gasteiger charge is -2.47. The van der Waals surface area contributed by atoms with Gasteiger partial charge in [-0.05, 0) is 39.5 Å². The van der Waals surface area contributed by atoms with Crippen molar-refractivity contribution in [3.8, 4) is 0 Å². The van der Waals surface area contributed by atoms with Gasteiger partial charge in [0.25, 0.3) is 0 Å². The van der Waals surface area contributed by atoms with Crippen LogP contribution in [0.5, 0.6) is 0 Å². The summed E-state index contributed by atoms with van der Waals surface area (Å²) in [5.74, 6) is 0.603. The van der Waals surface area contributed by atoms with Crippen LogP contribution in [0.2, 0.25) is 0 Å². The number of allylic oxidation sites excluding steroid dienone is 1. The van der Waals surface area contributed by atoms with Crippen molar-refractivity contribution in [1.82, 2.24) is 0 Å². The number of aliphatic hydroxyl groups is 1. The fourth-order valence-electron chi connectivity index (χ4n) is 3.19. The minimum absolute atomic E-state index is 0.0260. The molecular formula is C16H28NO2-. The summed E-state index contributed by atoms with van der Waals surface area (Å²) in [4.78, 5) is 0. The first-order valence-electron chi connectivity index (χ1n) is 7.43. The summed E-state index contributed by atoms with van der Waals surface area (Å²) in [6.45, 7) is 8.45. The normalized spacial score (nSPS) is 40.0. The van der Waals surface area contributed by atoms with Crippen LogP contribution in [0.3, 0.4) is 0 Å². The van der Waals surface area contributed by atoms with E-state index >= 15 is 0 Å². The molecule has 3 nitrogen and oxygen atoms in total. The maximum Gasteiger partial charge on any atom is 0.116 e. The molecule has 19 heavy (non-hydrogen) atoms. The summed E-state index contributed by atoms with van der Waals surface area (Å²) in [6.07, 6.45) is 6.19. The standard InChI is InChI=1S/C16H28NO2/c1-11(10-13(18)14-15(2,3)19-14)12-6-8-16(4,17-5)9-7-12/h10,12-14,18H,6-9H2,1-5H3/q-1. The monoisotopic (exact) mass is 266 g/mol. The van der Waals surface area contributed by atoms with Crippen molar-refractivity contribution in [3.63, 3.8) is 0 Å². The summed E-state index contributed by atoms with van der Waals surface area (Å²) < 4.78 is 5.50. The Morgan fingerprint density at radius 3 is 2.26 bits per heavy atom. The molecule has 1 aliphatic heterocycles. The van der Waals surface area contributed by atoms with Gasteiger partial charge in [-0.2, -0.15) is 7.05 Å². The molecule has 110 valence electrons. The molecule has 0 aromatic carbocycles. The van der Waals surface area contributed by atoms with Gasteiger partial charge in [0, 0.05) is 0 Å². The fraction of sp³-hybridized carbons (Fsp3) is 0.875. The van der Waals surface area contributed by atoms with Crippen LogP contribution in [0.25, 0.3) is 5.32 Å². The topological polar surface area (TPSA) is 46.9 Å². The Hall–Kier alpha value is -0.380. The third-order valence-electron chi connectivity index (χ3n) is 5.05. The number of ether oxygens (including phenoxy) is 1. The number of nitrogens with zero attached hydrogens (tertiary/aromatic N) is 1. The molecule has 1 N–H and O–H groups in total. The molecule has 2 rings (SSSR count). The maximum atomic E-state index is 10.2. The molecule has 3 heteroatoms. The first-order valence-corrected chi connectivity index (χ1v) is 7.43. The molecule has 0 amide bonds. The van der Waals surface area contributed by atoms with Gasteiger partial charge in [0.15, 0.2) is 0 Å². The molecule has 0 bridgehead atoms. The van der Waals surface area contributed by atoms with E-state index in [0.29, 0.717) is 5.92 Å². The summed E-state index contributed by atoms with van der Waals surface area (Å²) in [6, 6.07) is 0. The van der Waals surface area contributed by atoms with Gasteiger partial charge in [0.05, 0.1) is 5.60 Å². The lowest BCUT2D eigenvalue weighted by atomic mass is 9.75. The van der Waals surface area contributed by atoms with Crippen LogP contribution in [-0.4, -0.2) is 35.5 Å². The average Bonchev–Trinajstić information content (AvgIpc) is 2.99. The lowest BCUT2D eigenvalue weighted by Crippen LogP contribution is -2.30. The lowest BCUT2D eigenvalue weighted by molar-refractivity contribution is 0.174. The van der Waals surface area contributed by atoms with Crippen LogP contribution in [0.4, 0.5) is 0 Å². The van der Waals surface area contributed by atoms with Gasteiger partial charge in [-0.3, -0.25) is 0 Å². The second kappa shape index (κ2) is 5.19. The van der Waals surface area contributed by atoms with Gasteiger partial charge in [-0.1, -0.05) is 31.4 Å². The van der Waals surface area contributed by atoms with E-state index in [-0.39, 0.29) is 17.2 Å². The Morgan fingerprint density at radius 2 is 1.84 bits per heavy atom. The first-order chi connectivity index (χ1) is 8.77. The fourth-order valence-corrected chi connectivity index (χ4v) is 3.19. The van der Waals surface area contributed by atoms with Crippen LogP contribution >= 0.6 is 0 Å². The smallest absolute Gasteiger partial charge is 0.116 e. The van der Waals surface area contributed by atoms with Crippen molar-refractivity contribution in [2.75, 3.05) is 7.05 Å². The molecule has 1 heterocycles. The molecule has 1 saturated carbocycles. The highest BCUT2D eigenvalue weighted by Gasteiger charge is 2.51. The van der Waals surface area contributed by atoms with Gasteiger partial charge in [-0.25, -0.2) is 0 Å². The van der Waals surface area contributed by atoms with Crippen molar-refractivity contribution < 1.29 is 9.84 Å². The van der Waals surface area contributed by atoms with Gasteiger partial charge >= 0.3 is 0 Å². The van der Waals surface area contributed by atoms with Gasteiger partial charge in [0.2, 0.25) is 0 Å². The number of aliphatic hydroxyl groups excluding tert-OH is 1. The Bertz CT molecular complexity index is 354. The van der Waals surface area contributed by atoms with Gasteiger partial charge in [-0.15, -0.1) is 5.54 Å². The van der Waals surface area contributed by atoms with Gasteiger partial charge < -0.3 is 15.2 Å². The molecule has 1 saturated heterocycles. The van der Waals surface area contributed by atoms with Crippen molar-refractivity contribution in [2.45, 2.75) is 76.7 Å². The molecular weight excluding hydrogens is 238 g/mol. The minimum Gasteiger partial charge on any atom is -0.660 e. The van der Waals surface area contributed by atoms with E-state index in [4.69, 9.17) is 4.74 Å². The van der Waals surface area contributed by atoms with Crippen molar-refractivity contribution in [1.29, 1.82) is 0 Å². The van der Waals surface area contributed by atoms with E-state index in [1.165, 1.54) is 18.4 Å². The summed E-state index contributed by atoms with van der Waals surface area (Å²) in [5.41, 5.74) is 1.34. The molecule has 2 unspecified atom stereocenters. The maximum absolute atomic E-state index is 10.2. The second-order valence-corrected chi connectivity index (χ2v) is 7.04. The Balaban J connectivity index is 1.89. The van der Waals surface area contributed by atoms with Crippen LogP contribution in [0.1, 0.15) is 53.4 Å². The van der Waals surface area contributed by atoms with E-state index in [0.717, 1.165) is 12.8 Å². The second-order valence-electron chi connectivity index (χ2n) is 7.04. The molecule has 0 radical (unpaired) electrons. The largest absolute Gasteiger partial charge is 0.660 e. The zero-order valence-corrected chi connectivity index (χ0v) is 12.9. The third-order valence-corrected chi connectivity index (χ3v) is 5.05. The molecule has 2 atom stereocenters. The number of rotatable bonds is 4. The van der Waals surface area contributed by atoms with E-state index in [1.807, 2.05) is 27.0 Å². The molecule has 0 aromatic rings. The van der Waals surface area contributed by atoms with Crippen LogP contribution in [-0.2, 0) is 4.74 Å². The highest BCUT2D eigenvalue weighted by molar-refractivity contribution is 5.15. The highest BCUT2D eigenvalue weighted by atomic mass is 16.6. The average molecular weight is 266 g/mol. The highest BCUT2D eigenvalue weighted by Crippen LogP contribution is 2.41. The van der Waals surface area contributed by atoms with E-state index in [9.17, 15) is 5.11 Å². The van der Waals surface area contributed by atoms with Crippen LogP contribution < -0.4 is 0 Å². The summed E-state index contributed by atoms with van der Waals surface area (Å²) in [7, 11) is 1.93. The van der Waals surface area contributed by atoms with Crippen molar-refractivity contribution in [2.24, 2.45) is 5.92 Å². The number of hydrogen-bond donors (Lipinski definition) is 1. The zero-order chi connectivity index (χ0) is 14.3. The molecule has 0 spiro atoms. The summed E-state index contributed by atoms with van der Waals surface area (Å²) in [5, 5.41) is 14.7. The molecule has 1 aliphatic carbocycles. The number of hydrogen-bond acceptors (Lipinski definition) is 2.